The maximum absolute atomic E-state index is 10.2. The van der Waals surface area contributed by atoms with E-state index < -0.39 is 6.10 Å². The summed E-state index contributed by atoms with van der Waals surface area (Å²) in [5.74, 6) is 0.772. The second kappa shape index (κ2) is 8.16. The number of aliphatic hydroxyl groups excluding tert-OH is 1. The van der Waals surface area contributed by atoms with Crippen molar-refractivity contribution in [2.24, 2.45) is 0 Å². The summed E-state index contributed by atoms with van der Waals surface area (Å²) in [5.41, 5.74) is 2.00. The lowest BCUT2D eigenvalue weighted by Gasteiger charge is -2.34. The number of ether oxygens (including phenoxy) is 1. The van der Waals surface area contributed by atoms with Gasteiger partial charge in [0, 0.05) is 37.7 Å². The Morgan fingerprint density at radius 3 is 2.23 bits per heavy atom. The van der Waals surface area contributed by atoms with Crippen LogP contribution in [0.4, 0.5) is 0 Å². The summed E-state index contributed by atoms with van der Waals surface area (Å²) in [4.78, 5) is 4.73. The van der Waals surface area contributed by atoms with Gasteiger partial charge in [0.2, 0.25) is 0 Å². The lowest BCUT2D eigenvalue weighted by Crippen LogP contribution is -2.49. The first-order valence-electron chi connectivity index (χ1n) is 8.02. The van der Waals surface area contributed by atoms with Crippen molar-refractivity contribution in [1.82, 2.24) is 9.80 Å². The summed E-state index contributed by atoms with van der Waals surface area (Å²) in [6.07, 6.45) is -0.468. The third-order valence-electron chi connectivity index (χ3n) is 4.23. The van der Waals surface area contributed by atoms with E-state index in [9.17, 15) is 5.11 Å². The average molecular weight is 327 g/mol. The molecule has 0 aromatic heterocycles. The standard InChI is InChI=1S/C17H27ClN2O2/c1-4-19-5-7-20(8-6-19)11-15(21)12-22-16-9-13(2)17(18)14(3)10-16/h9-10,15,21H,4-8,11-12H2,1-3H3. The molecule has 0 spiro atoms. The van der Waals surface area contributed by atoms with Gasteiger partial charge in [-0.1, -0.05) is 18.5 Å². The average Bonchev–Trinajstić information content (AvgIpc) is 2.51. The highest BCUT2D eigenvalue weighted by Gasteiger charge is 2.18. The van der Waals surface area contributed by atoms with Crippen molar-refractivity contribution in [2.45, 2.75) is 26.9 Å². The van der Waals surface area contributed by atoms with Crippen molar-refractivity contribution in [3.63, 3.8) is 0 Å². The lowest BCUT2D eigenvalue weighted by molar-refractivity contribution is 0.0470. The van der Waals surface area contributed by atoms with E-state index in [2.05, 4.69) is 16.7 Å². The van der Waals surface area contributed by atoms with E-state index in [4.69, 9.17) is 16.3 Å². The smallest absolute Gasteiger partial charge is 0.120 e. The Kier molecular flexibility index (Phi) is 6.50. The van der Waals surface area contributed by atoms with E-state index in [-0.39, 0.29) is 0 Å². The molecule has 1 saturated heterocycles. The summed E-state index contributed by atoms with van der Waals surface area (Å²) in [7, 11) is 0. The molecule has 1 N–H and O–H groups in total. The Balaban J connectivity index is 1.77. The minimum absolute atomic E-state index is 0.314. The Bertz CT molecular complexity index is 465. The molecule has 1 aliphatic heterocycles. The van der Waals surface area contributed by atoms with E-state index >= 15 is 0 Å². The predicted molar refractivity (Wildman–Crippen MR) is 91.0 cm³/mol. The summed E-state index contributed by atoms with van der Waals surface area (Å²) >= 11 is 6.15. The Hall–Kier alpha value is -0.810. The van der Waals surface area contributed by atoms with Gasteiger partial charge >= 0.3 is 0 Å². The first kappa shape index (κ1) is 17.5. The van der Waals surface area contributed by atoms with Crippen molar-refractivity contribution in [2.75, 3.05) is 45.9 Å². The fraction of sp³-hybridized carbons (Fsp3) is 0.647. The van der Waals surface area contributed by atoms with Crippen LogP contribution in [0.1, 0.15) is 18.1 Å². The number of likely N-dealkylation sites (N-methyl/N-ethyl adjacent to an activating group) is 1. The SMILES string of the molecule is CCN1CCN(CC(O)COc2cc(C)c(Cl)c(C)c2)CC1. The molecular formula is C17H27ClN2O2. The second-order valence-electron chi connectivity index (χ2n) is 6.07. The number of rotatable bonds is 6. The maximum Gasteiger partial charge on any atom is 0.120 e. The summed E-state index contributed by atoms with van der Waals surface area (Å²) in [5, 5.41) is 11.0. The van der Waals surface area contributed by atoms with E-state index in [1.807, 2.05) is 26.0 Å². The molecule has 0 radical (unpaired) electrons. The van der Waals surface area contributed by atoms with E-state index in [1.54, 1.807) is 0 Å². The molecule has 4 nitrogen and oxygen atoms in total. The molecule has 0 bridgehead atoms. The number of hydrogen-bond donors (Lipinski definition) is 1. The van der Waals surface area contributed by atoms with Gasteiger partial charge in [0.15, 0.2) is 0 Å². The largest absolute Gasteiger partial charge is 0.491 e. The monoisotopic (exact) mass is 326 g/mol. The first-order valence-corrected chi connectivity index (χ1v) is 8.39. The fourth-order valence-corrected chi connectivity index (χ4v) is 2.93. The molecule has 1 aromatic carbocycles. The fourth-order valence-electron chi connectivity index (χ4n) is 2.82. The number of nitrogens with zero attached hydrogens (tertiary/aromatic N) is 2. The lowest BCUT2D eigenvalue weighted by atomic mass is 10.1. The van der Waals surface area contributed by atoms with Crippen molar-refractivity contribution in [3.05, 3.63) is 28.3 Å². The zero-order valence-electron chi connectivity index (χ0n) is 13.8. The molecule has 0 saturated carbocycles. The van der Waals surface area contributed by atoms with Crippen LogP contribution in [0.3, 0.4) is 0 Å². The Labute approximate surface area is 138 Å². The number of β-amino-alcohol motifs (C(OH)–C–C–N with tert-alkyl or cyclic N) is 1. The zero-order valence-corrected chi connectivity index (χ0v) is 14.6. The second-order valence-corrected chi connectivity index (χ2v) is 6.45. The normalized spacial score (nSPS) is 18.4. The molecule has 5 heteroatoms. The van der Waals surface area contributed by atoms with Crippen molar-refractivity contribution in [1.29, 1.82) is 0 Å². The molecule has 1 heterocycles. The molecule has 1 aliphatic rings. The van der Waals surface area contributed by atoms with Crippen LogP contribution in [0.2, 0.25) is 5.02 Å². The van der Waals surface area contributed by atoms with Crippen molar-refractivity contribution < 1.29 is 9.84 Å². The third kappa shape index (κ3) is 4.85. The van der Waals surface area contributed by atoms with E-state index in [0.29, 0.717) is 13.2 Å². The molecule has 2 rings (SSSR count). The quantitative estimate of drug-likeness (QED) is 0.870. The van der Waals surface area contributed by atoms with Gasteiger partial charge in [-0.05, 0) is 43.7 Å². The van der Waals surface area contributed by atoms with Crippen LogP contribution >= 0.6 is 11.6 Å². The summed E-state index contributed by atoms with van der Waals surface area (Å²) in [6.45, 7) is 12.4. The van der Waals surface area contributed by atoms with E-state index in [1.165, 1.54) is 0 Å². The molecule has 1 fully saturated rings. The number of halogens is 1. The highest BCUT2D eigenvalue weighted by atomic mass is 35.5. The van der Waals surface area contributed by atoms with Gasteiger partial charge in [-0.15, -0.1) is 0 Å². The molecule has 22 heavy (non-hydrogen) atoms. The van der Waals surface area contributed by atoms with Crippen LogP contribution in [0, 0.1) is 13.8 Å². The van der Waals surface area contributed by atoms with Crippen LogP contribution in [0.25, 0.3) is 0 Å². The molecule has 1 atom stereocenters. The van der Waals surface area contributed by atoms with Gasteiger partial charge in [0.1, 0.15) is 18.5 Å². The summed E-state index contributed by atoms with van der Waals surface area (Å²) < 4.78 is 5.72. The van der Waals surface area contributed by atoms with Crippen LogP contribution < -0.4 is 4.74 Å². The number of piperazine rings is 1. The van der Waals surface area contributed by atoms with Crippen molar-refractivity contribution in [3.8, 4) is 5.75 Å². The molecule has 1 aromatic rings. The van der Waals surface area contributed by atoms with Crippen LogP contribution in [-0.2, 0) is 0 Å². The van der Waals surface area contributed by atoms with Crippen LogP contribution in [0.5, 0.6) is 5.75 Å². The van der Waals surface area contributed by atoms with Gasteiger partial charge in [-0.2, -0.15) is 0 Å². The topological polar surface area (TPSA) is 35.9 Å². The number of benzene rings is 1. The van der Waals surface area contributed by atoms with Gasteiger partial charge < -0.3 is 14.7 Å². The highest BCUT2D eigenvalue weighted by Crippen LogP contribution is 2.25. The molecule has 0 aliphatic carbocycles. The van der Waals surface area contributed by atoms with E-state index in [0.717, 1.165) is 54.6 Å². The first-order chi connectivity index (χ1) is 10.5. The zero-order chi connectivity index (χ0) is 16.1. The Morgan fingerprint density at radius 1 is 1.14 bits per heavy atom. The van der Waals surface area contributed by atoms with Gasteiger partial charge in [-0.3, -0.25) is 4.90 Å². The molecule has 1 unspecified atom stereocenters. The summed E-state index contributed by atoms with van der Waals surface area (Å²) in [6, 6.07) is 3.84. The third-order valence-corrected chi connectivity index (χ3v) is 4.83. The van der Waals surface area contributed by atoms with Crippen LogP contribution in [0.15, 0.2) is 12.1 Å². The van der Waals surface area contributed by atoms with Gasteiger partial charge in [-0.25, -0.2) is 0 Å². The van der Waals surface area contributed by atoms with Crippen LogP contribution in [-0.4, -0.2) is 66.9 Å². The number of hydrogen-bond acceptors (Lipinski definition) is 4. The number of aryl methyl sites for hydroxylation is 2. The van der Waals surface area contributed by atoms with Crippen molar-refractivity contribution >= 4 is 11.6 Å². The molecule has 124 valence electrons. The van der Waals surface area contributed by atoms with Gasteiger partial charge in [0.25, 0.3) is 0 Å². The highest BCUT2D eigenvalue weighted by molar-refractivity contribution is 6.32. The Morgan fingerprint density at radius 2 is 1.68 bits per heavy atom. The maximum atomic E-state index is 10.2. The molecular weight excluding hydrogens is 300 g/mol. The minimum atomic E-state index is -0.468. The number of aliphatic hydroxyl groups is 1. The predicted octanol–water partition coefficient (Wildman–Crippen LogP) is 2.33. The molecule has 0 amide bonds. The minimum Gasteiger partial charge on any atom is -0.491 e. The van der Waals surface area contributed by atoms with Gasteiger partial charge in [0.05, 0.1) is 0 Å².